The molecule has 3 aromatic heterocycles. The molecule has 0 saturated carbocycles. The van der Waals surface area contributed by atoms with E-state index in [0.717, 1.165) is 38.7 Å². The van der Waals surface area contributed by atoms with Crippen molar-refractivity contribution in [2.75, 3.05) is 14.2 Å². The smallest absolute Gasteiger partial charge is 0.266 e. The first kappa shape index (κ1) is 20.2. The van der Waals surface area contributed by atoms with Crippen LogP contribution in [0.25, 0.3) is 33.4 Å². The second-order valence-electron chi connectivity index (χ2n) is 7.32. The Morgan fingerprint density at radius 2 is 1.69 bits per heavy atom. The first-order valence-electron chi connectivity index (χ1n) is 10.2. The fraction of sp³-hybridized carbons (Fsp3) is 0.208. The molecule has 0 aliphatic rings. The molecule has 0 atom stereocenters. The van der Waals surface area contributed by atoms with E-state index in [4.69, 9.17) is 18.6 Å². The fourth-order valence-corrected chi connectivity index (χ4v) is 3.83. The zero-order valence-electron chi connectivity index (χ0n) is 17.8. The van der Waals surface area contributed by atoms with E-state index in [9.17, 15) is 0 Å². The number of ether oxygens (including phenoxy) is 3. The molecule has 0 saturated heterocycles. The van der Waals surface area contributed by atoms with Crippen molar-refractivity contribution in [3.63, 3.8) is 0 Å². The van der Waals surface area contributed by atoms with Crippen molar-refractivity contribution >= 4 is 21.8 Å². The fourth-order valence-electron chi connectivity index (χ4n) is 3.83. The number of H-pyrrole nitrogens is 1. The third-order valence-corrected chi connectivity index (χ3v) is 5.19. The number of aromatic nitrogens is 4. The summed E-state index contributed by atoms with van der Waals surface area (Å²) in [4.78, 5) is 8.03. The first-order valence-corrected chi connectivity index (χ1v) is 10.2. The van der Waals surface area contributed by atoms with Gasteiger partial charge in [-0.3, -0.25) is 0 Å². The summed E-state index contributed by atoms with van der Waals surface area (Å²) in [5.41, 5.74) is 4.35. The van der Waals surface area contributed by atoms with Crippen LogP contribution in [0, 0.1) is 0 Å². The van der Waals surface area contributed by atoms with E-state index in [2.05, 4.69) is 20.2 Å². The van der Waals surface area contributed by atoms with Gasteiger partial charge in [-0.25, -0.2) is 4.98 Å². The summed E-state index contributed by atoms with van der Waals surface area (Å²) in [5.74, 6) is 1.49. The lowest BCUT2D eigenvalue weighted by molar-refractivity contribution is 0.160. The van der Waals surface area contributed by atoms with Gasteiger partial charge in [-0.1, -0.05) is 36.4 Å². The number of nitrogens with one attached hydrogen (secondary N) is 1. The summed E-state index contributed by atoms with van der Waals surface area (Å²) in [6.45, 7) is 1.02. The normalized spacial score (nSPS) is 11.4. The highest BCUT2D eigenvalue weighted by Crippen LogP contribution is 2.38. The number of pyridine rings is 1. The minimum atomic E-state index is 0.236. The average Bonchev–Trinajstić information content (AvgIpc) is 3.44. The van der Waals surface area contributed by atoms with Gasteiger partial charge < -0.3 is 23.6 Å². The molecule has 0 unspecified atom stereocenters. The maximum atomic E-state index is 6.24. The standard InChI is InChI=1S/C24H22N4O4/c1-29-13-16-21-18(11-25-23(16)24-28-27-20(32-24)14-30-2)26-17-9-6-10-19(22(17)21)31-12-15-7-4-3-5-8-15/h3-11,26H,12-14H2,1-2H3. The Kier molecular flexibility index (Phi) is 5.53. The van der Waals surface area contributed by atoms with Gasteiger partial charge in [0.2, 0.25) is 5.89 Å². The molecule has 5 rings (SSSR count). The Labute approximate surface area is 184 Å². The summed E-state index contributed by atoms with van der Waals surface area (Å²) in [6, 6.07) is 16.0. The number of nitrogens with zero attached hydrogens (tertiary/aromatic N) is 3. The maximum Gasteiger partial charge on any atom is 0.266 e. The molecular formula is C24H22N4O4. The largest absolute Gasteiger partial charge is 0.488 e. The second-order valence-corrected chi connectivity index (χ2v) is 7.32. The molecule has 8 heteroatoms. The summed E-state index contributed by atoms with van der Waals surface area (Å²) >= 11 is 0. The third-order valence-electron chi connectivity index (χ3n) is 5.19. The van der Waals surface area contributed by atoms with E-state index >= 15 is 0 Å². The molecule has 1 N–H and O–H groups in total. The average molecular weight is 430 g/mol. The number of fused-ring (bicyclic) bond motifs is 3. The Bertz CT molecular complexity index is 1360. The van der Waals surface area contributed by atoms with Gasteiger partial charge in [0.05, 0.1) is 23.8 Å². The molecular weight excluding hydrogens is 408 g/mol. The molecule has 8 nitrogen and oxygen atoms in total. The van der Waals surface area contributed by atoms with Crippen LogP contribution in [0.3, 0.4) is 0 Å². The van der Waals surface area contributed by atoms with Gasteiger partial charge in [-0.2, -0.15) is 0 Å². The van der Waals surface area contributed by atoms with Crippen molar-refractivity contribution in [2.24, 2.45) is 0 Å². The predicted molar refractivity (Wildman–Crippen MR) is 119 cm³/mol. The van der Waals surface area contributed by atoms with E-state index in [1.54, 1.807) is 20.4 Å². The Morgan fingerprint density at radius 3 is 2.50 bits per heavy atom. The van der Waals surface area contributed by atoms with Crippen molar-refractivity contribution in [2.45, 2.75) is 19.8 Å². The summed E-state index contributed by atoms with van der Waals surface area (Å²) in [7, 11) is 3.22. The minimum Gasteiger partial charge on any atom is -0.488 e. The van der Waals surface area contributed by atoms with Crippen LogP contribution in [0.15, 0.2) is 59.1 Å². The van der Waals surface area contributed by atoms with E-state index in [0.29, 0.717) is 30.7 Å². The van der Waals surface area contributed by atoms with Gasteiger partial charge in [-0.15, -0.1) is 10.2 Å². The van der Waals surface area contributed by atoms with Gasteiger partial charge >= 0.3 is 0 Å². The highest BCUT2D eigenvalue weighted by atomic mass is 16.5. The van der Waals surface area contributed by atoms with Crippen LogP contribution in [0.1, 0.15) is 17.0 Å². The molecule has 32 heavy (non-hydrogen) atoms. The topological polar surface area (TPSA) is 95.3 Å². The molecule has 0 fully saturated rings. The van der Waals surface area contributed by atoms with Crippen molar-refractivity contribution in [3.8, 4) is 17.3 Å². The summed E-state index contributed by atoms with van der Waals surface area (Å²) in [6.07, 6.45) is 1.77. The lowest BCUT2D eigenvalue weighted by Crippen LogP contribution is -1.98. The lowest BCUT2D eigenvalue weighted by Gasteiger charge is -2.10. The van der Waals surface area contributed by atoms with Crippen LogP contribution < -0.4 is 4.74 Å². The number of aromatic amines is 1. The number of hydrogen-bond acceptors (Lipinski definition) is 7. The number of rotatable bonds is 8. The Hall–Kier alpha value is -3.75. The minimum absolute atomic E-state index is 0.236. The quantitative estimate of drug-likeness (QED) is 0.383. The highest BCUT2D eigenvalue weighted by Gasteiger charge is 2.21. The second kappa shape index (κ2) is 8.78. The van der Waals surface area contributed by atoms with Crippen LogP contribution in [0.5, 0.6) is 5.75 Å². The molecule has 0 spiro atoms. The van der Waals surface area contributed by atoms with E-state index in [1.165, 1.54) is 0 Å². The molecule has 5 aromatic rings. The zero-order valence-corrected chi connectivity index (χ0v) is 17.8. The maximum absolute atomic E-state index is 6.24. The molecule has 0 aliphatic heterocycles. The highest BCUT2D eigenvalue weighted by molar-refractivity contribution is 6.12. The Morgan fingerprint density at radius 1 is 0.844 bits per heavy atom. The van der Waals surface area contributed by atoms with Crippen molar-refractivity contribution < 1.29 is 18.6 Å². The monoisotopic (exact) mass is 430 g/mol. The SMILES string of the molecule is COCc1nnc(-c2ncc3[nH]c4cccc(OCc5ccccc5)c4c3c2COC)o1. The van der Waals surface area contributed by atoms with Gasteiger partial charge in [0.25, 0.3) is 5.89 Å². The first-order chi connectivity index (χ1) is 15.8. The summed E-state index contributed by atoms with van der Waals surface area (Å²) < 4.78 is 22.6. The number of benzene rings is 2. The van der Waals surface area contributed by atoms with Gasteiger partial charge in [0, 0.05) is 30.6 Å². The third kappa shape index (κ3) is 3.70. The zero-order chi connectivity index (χ0) is 21.9. The predicted octanol–water partition coefficient (Wildman–Crippen LogP) is 4.64. The van der Waals surface area contributed by atoms with Crippen molar-refractivity contribution in [1.29, 1.82) is 0 Å². The molecule has 2 aromatic carbocycles. The molecule has 162 valence electrons. The van der Waals surface area contributed by atoms with Gasteiger partial charge in [0.1, 0.15) is 24.7 Å². The molecule has 0 aliphatic carbocycles. The molecule has 0 amide bonds. The molecule has 3 heterocycles. The van der Waals surface area contributed by atoms with Gasteiger partial charge in [-0.05, 0) is 17.7 Å². The van der Waals surface area contributed by atoms with Crippen LogP contribution in [0.4, 0.5) is 0 Å². The van der Waals surface area contributed by atoms with Crippen LogP contribution in [-0.4, -0.2) is 34.4 Å². The van der Waals surface area contributed by atoms with E-state index in [1.807, 2.05) is 48.5 Å². The lowest BCUT2D eigenvalue weighted by atomic mass is 10.0. The van der Waals surface area contributed by atoms with Gasteiger partial charge in [0.15, 0.2) is 0 Å². The molecule has 0 bridgehead atoms. The van der Waals surface area contributed by atoms with Crippen molar-refractivity contribution in [1.82, 2.24) is 20.2 Å². The van der Waals surface area contributed by atoms with E-state index < -0.39 is 0 Å². The number of methoxy groups -OCH3 is 2. The Balaban J connectivity index is 1.65. The molecule has 0 radical (unpaired) electrons. The van der Waals surface area contributed by atoms with Crippen molar-refractivity contribution in [3.05, 3.63) is 71.7 Å². The van der Waals surface area contributed by atoms with Crippen LogP contribution in [-0.2, 0) is 29.3 Å². The summed E-state index contributed by atoms with van der Waals surface area (Å²) in [5, 5.41) is 10.1. The van der Waals surface area contributed by atoms with Crippen LogP contribution >= 0.6 is 0 Å². The van der Waals surface area contributed by atoms with E-state index in [-0.39, 0.29) is 6.61 Å². The van der Waals surface area contributed by atoms with Crippen LogP contribution in [0.2, 0.25) is 0 Å². The number of hydrogen-bond donors (Lipinski definition) is 1.